The molecule has 174 valence electrons. The molecule has 7 heteroatoms. The Bertz CT molecular complexity index is 1410. The van der Waals surface area contributed by atoms with Gasteiger partial charge in [-0.3, -0.25) is 4.79 Å². The first-order valence-electron chi connectivity index (χ1n) is 12.4. The number of fused-ring (bicyclic) bond motifs is 2. The molecule has 0 saturated heterocycles. The van der Waals surface area contributed by atoms with Crippen molar-refractivity contribution in [1.29, 1.82) is 0 Å². The molecular formula is C27H30N6O. The molecule has 3 heterocycles. The van der Waals surface area contributed by atoms with Crippen LogP contribution in [0.15, 0.2) is 47.3 Å². The van der Waals surface area contributed by atoms with E-state index in [0.29, 0.717) is 5.56 Å². The maximum absolute atomic E-state index is 13.6. The molecule has 1 aliphatic carbocycles. The van der Waals surface area contributed by atoms with E-state index >= 15 is 0 Å². The molecule has 2 aromatic carbocycles. The maximum atomic E-state index is 13.6. The first-order valence-corrected chi connectivity index (χ1v) is 12.4. The predicted molar refractivity (Wildman–Crippen MR) is 133 cm³/mol. The van der Waals surface area contributed by atoms with Crippen molar-refractivity contribution in [1.82, 2.24) is 25.2 Å². The summed E-state index contributed by atoms with van der Waals surface area (Å²) in [4.78, 5) is 19.1. The van der Waals surface area contributed by atoms with Gasteiger partial charge >= 0.3 is 0 Å². The van der Waals surface area contributed by atoms with E-state index < -0.39 is 0 Å². The maximum Gasteiger partial charge on any atom is 0.254 e. The Balaban J connectivity index is 1.56. The summed E-state index contributed by atoms with van der Waals surface area (Å²) in [5, 5.41) is 14.2. The summed E-state index contributed by atoms with van der Waals surface area (Å²) in [5.74, 6) is 0.762. The Kier molecular flexibility index (Phi) is 5.20. The highest BCUT2D eigenvalue weighted by molar-refractivity contribution is 5.83. The first-order chi connectivity index (χ1) is 16.6. The van der Waals surface area contributed by atoms with Crippen molar-refractivity contribution in [2.45, 2.75) is 64.5 Å². The third kappa shape index (κ3) is 3.50. The number of benzene rings is 2. The van der Waals surface area contributed by atoms with E-state index in [1.807, 2.05) is 10.7 Å². The van der Waals surface area contributed by atoms with Crippen molar-refractivity contribution >= 4 is 16.6 Å². The lowest BCUT2D eigenvalue weighted by Crippen LogP contribution is -2.35. The van der Waals surface area contributed by atoms with Gasteiger partial charge in [0.2, 0.25) is 0 Å². The van der Waals surface area contributed by atoms with Crippen molar-refractivity contribution in [3.05, 3.63) is 80.9 Å². The summed E-state index contributed by atoms with van der Waals surface area (Å²) in [6.07, 6.45) is 6.75. The standard InChI is InChI=1S/C27H30N6O/c1-17-14-18(2)21-16-22(27(34)28-23(21)15-17)25(32-13-12-19-8-6-7-11-24(19)32)26-29-30-31-33(26)20-9-4-3-5-10-20/h6-8,11,14-16,20,25H,3-5,9-10,12-13H2,1-2H3,(H,28,34)/t25-/m1/s1. The van der Waals surface area contributed by atoms with Gasteiger partial charge in [0.15, 0.2) is 5.82 Å². The Morgan fingerprint density at radius 3 is 2.74 bits per heavy atom. The van der Waals surface area contributed by atoms with Crippen LogP contribution in [-0.2, 0) is 6.42 Å². The van der Waals surface area contributed by atoms with E-state index in [1.54, 1.807) is 0 Å². The minimum Gasteiger partial charge on any atom is -0.357 e. The van der Waals surface area contributed by atoms with Gasteiger partial charge in [0.25, 0.3) is 5.56 Å². The highest BCUT2D eigenvalue weighted by Gasteiger charge is 2.35. The number of aromatic amines is 1. The number of aryl methyl sites for hydroxylation is 2. The number of hydrogen-bond donors (Lipinski definition) is 1. The molecule has 1 N–H and O–H groups in total. The van der Waals surface area contributed by atoms with Crippen LogP contribution in [0.5, 0.6) is 0 Å². The Labute approximate surface area is 198 Å². The quantitative estimate of drug-likeness (QED) is 0.480. The second-order valence-electron chi connectivity index (χ2n) is 9.84. The molecule has 2 aliphatic rings. The summed E-state index contributed by atoms with van der Waals surface area (Å²) < 4.78 is 2.01. The van der Waals surface area contributed by atoms with Gasteiger partial charge in [0.1, 0.15) is 6.04 Å². The van der Waals surface area contributed by atoms with Gasteiger partial charge in [0, 0.05) is 28.7 Å². The zero-order chi connectivity index (χ0) is 23.2. The number of nitrogens with one attached hydrogen (secondary N) is 1. The number of nitrogens with zero attached hydrogens (tertiary/aromatic N) is 5. The van der Waals surface area contributed by atoms with Crippen molar-refractivity contribution in [3.8, 4) is 0 Å². The molecule has 34 heavy (non-hydrogen) atoms. The summed E-state index contributed by atoms with van der Waals surface area (Å²) in [5.41, 5.74) is 6.24. The normalized spacial score (nSPS) is 17.3. The largest absolute Gasteiger partial charge is 0.357 e. The van der Waals surface area contributed by atoms with Gasteiger partial charge in [-0.2, -0.15) is 0 Å². The lowest BCUT2D eigenvalue weighted by atomic mass is 9.95. The van der Waals surface area contributed by atoms with Crippen LogP contribution in [-0.4, -0.2) is 31.7 Å². The van der Waals surface area contributed by atoms with Gasteiger partial charge in [-0.05, 0) is 78.4 Å². The van der Waals surface area contributed by atoms with E-state index in [-0.39, 0.29) is 17.6 Å². The fourth-order valence-electron chi connectivity index (χ4n) is 5.94. The van der Waals surface area contributed by atoms with Crippen LogP contribution in [0.25, 0.3) is 10.9 Å². The number of H-pyrrole nitrogens is 1. The zero-order valence-corrected chi connectivity index (χ0v) is 19.8. The van der Waals surface area contributed by atoms with E-state index in [4.69, 9.17) is 0 Å². The average molecular weight is 455 g/mol. The second-order valence-corrected chi connectivity index (χ2v) is 9.84. The number of hydrogen-bond acceptors (Lipinski definition) is 5. The van der Waals surface area contributed by atoms with Gasteiger partial charge < -0.3 is 9.88 Å². The van der Waals surface area contributed by atoms with Crippen molar-refractivity contribution in [2.24, 2.45) is 0 Å². The number of aromatic nitrogens is 5. The van der Waals surface area contributed by atoms with E-state index in [1.165, 1.54) is 24.8 Å². The molecule has 1 fully saturated rings. The Morgan fingerprint density at radius 1 is 1.06 bits per heavy atom. The fraction of sp³-hybridized carbons (Fsp3) is 0.407. The molecule has 0 bridgehead atoms. The summed E-state index contributed by atoms with van der Waals surface area (Å²) in [6.45, 7) is 4.98. The van der Waals surface area contributed by atoms with Crippen LogP contribution in [0.3, 0.4) is 0 Å². The molecule has 0 amide bonds. The predicted octanol–water partition coefficient (Wildman–Crippen LogP) is 4.79. The van der Waals surface area contributed by atoms with Gasteiger partial charge in [-0.15, -0.1) is 5.10 Å². The monoisotopic (exact) mass is 454 g/mol. The summed E-state index contributed by atoms with van der Waals surface area (Å²) in [7, 11) is 0. The molecule has 1 atom stereocenters. The molecule has 1 saturated carbocycles. The highest BCUT2D eigenvalue weighted by atomic mass is 16.1. The van der Waals surface area contributed by atoms with Crippen LogP contribution in [0.2, 0.25) is 0 Å². The molecule has 0 radical (unpaired) electrons. The lowest BCUT2D eigenvalue weighted by molar-refractivity contribution is 0.313. The minimum atomic E-state index is -0.352. The van der Waals surface area contributed by atoms with Crippen LogP contribution in [0.4, 0.5) is 5.69 Å². The molecule has 7 nitrogen and oxygen atoms in total. The van der Waals surface area contributed by atoms with E-state index in [0.717, 1.165) is 59.3 Å². The summed E-state index contributed by atoms with van der Waals surface area (Å²) >= 11 is 0. The number of rotatable bonds is 4. The van der Waals surface area contributed by atoms with Crippen LogP contribution in [0, 0.1) is 13.8 Å². The van der Waals surface area contributed by atoms with Crippen molar-refractivity contribution in [2.75, 3.05) is 11.4 Å². The lowest BCUT2D eigenvalue weighted by Gasteiger charge is -2.31. The number of pyridine rings is 1. The van der Waals surface area contributed by atoms with Gasteiger partial charge in [-0.1, -0.05) is 43.5 Å². The molecule has 2 aromatic heterocycles. The van der Waals surface area contributed by atoms with Gasteiger partial charge in [0.05, 0.1) is 6.04 Å². The average Bonchev–Trinajstić information content (AvgIpc) is 3.49. The van der Waals surface area contributed by atoms with E-state index in [2.05, 4.69) is 75.7 Å². The third-order valence-corrected chi connectivity index (χ3v) is 7.55. The smallest absolute Gasteiger partial charge is 0.254 e. The molecule has 0 spiro atoms. The van der Waals surface area contributed by atoms with Crippen molar-refractivity contribution in [3.63, 3.8) is 0 Å². The first kappa shape index (κ1) is 21.1. The second kappa shape index (κ2) is 8.38. The fourth-order valence-corrected chi connectivity index (χ4v) is 5.94. The van der Waals surface area contributed by atoms with Crippen LogP contribution in [0.1, 0.15) is 72.3 Å². The zero-order valence-electron chi connectivity index (χ0n) is 19.8. The SMILES string of the molecule is Cc1cc(C)c2cc([C@H](c3nnnn3C3CCCCC3)N3CCc4ccccc43)c(=O)[nH]c2c1. The highest BCUT2D eigenvalue weighted by Crippen LogP contribution is 2.39. The van der Waals surface area contributed by atoms with Gasteiger partial charge in [-0.25, -0.2) is 4.68 Å². The number of para-hydroxylation sites is 1. The van der Waals surface area contributed by atoms with Crippen LogP contribution < -0.4 is 10.5 Å². The molecular weight excluding hydrogens is 424 g/mol. The molecule has 6 rings (SSSR count). The minimum absolute atomic E-state index is 0.0786. The van der Waals surface area contributed by atoms with Crippen molar-refractivity contribution < 1.29 is 0 Å². The van der Waals surface area contributed by atoms with Crippen LogP contribution >= 0.6 is 0 Å². The Morgan fingerprint density at radius 2 is 1.88 bits per heavy atom. The Hall–Kier alpha value is -3.48. The molecule has 1 aliphatic heterocycles. The third-order valence-electron chi connectivity index (χ3n) is 7.55. The summed E-state index contributed by atoms with van der Waals surface area (Å²) in [6, 6.07) is 14.7. The topological polar surface area (TPSA) is 79.7 Å². The number of tetrazole rings is 1. The molecule has 4 aromatic rings. The molecule has 0 unspecified atom stereocenters. The number of anilines is 1. The van der Waals surface area contributed by atoms with E-state index in [9.17, 15) is 4.79 Å².